The van der Waals surface area contributed by atoms with E-state index in [1.165, 1.54) is 0 Å². The zero-order valence-electron chi connectivity index (χ0n) is 9.53. The minimum atomic E-state index is -1.04. The third-order valence-electron chi connectivity index (χ3n) is 2.26. The molecule has 5 heteroatoms. The molecule has 1 aromatic heterocycles. The van der Waals surface area contributed by atoms with Crippen LogP contribution in [0, 0.1) is 13.8 Å². The summed E-state index contributed by atoms with van der Waals surface area (Å²) in [6.07, 6.45) is 0.333. The van der Waals surface area contributed by atoms with E-state index in [1.54, 1.807) is 26.8 Å². The van der Waals surface area contributed by atoms with Crippen molar-refractivity contribution in [1.29, 1.82) is 0 Å². The Labute approximate surface area is 93.4 Å². The summed E-state index contributed by atoms with van der Waals surface area (Å²) < 4.78 is 5.20. The molecule has 1 unspecified atom stereocenters. The molecule has 0 radical (unpaired) electrons. The molecule has 0 aliphatic carbocycles. The summed E-state index contributed by atoms with van der Waals surface area (Å²) in [7, 11) is 0. The van der Waals surface area contributed by atoms with Gasteiger partial charge in [-0.2, -0.15) is 0 Å². The highest BCUT2D eigenvalue weighted by atomic mass is 16.4. The van der Waals surface area contributed by atoms with Crippen LogP contribution in [0.1, 0.15) is 35.2 Å². The van der Waals surface area contributed by atoms with E-state index in [-0.39, 0.29) is 5.76 Å². The topological polar surface area (TPSA) is 79.5 Å². The fourth-order valence-electron chi connectivity index (χ4n) is 1.43. The van der Waals surface area contributed by atoms with Crippen molar-refractivity contribution in [3.63, 3.8) is 0 Å². The third kappa shape index (κ3) is 2.62. The molecular formula is C11H15NO4. The summed E-state index contributed by atoms with van der Waals surface area (Å²) in [5, 5.41) is 11.2. The fraction of sp³-hybridized carbons (Fsp3) is 0.455. The zero-order valence-corrected chi connectivity index (χ0v) is 9.53. The molecule has 16 heavy (non-hydrogen) atoms. The van der Waals surface area contributed by atoms with Crippen molar-refractivity contribution in [2.75, 3.05) is 0 Å². The second-order valence-corrected chi connectivity index (χ2v) is 3.64. The van der Waals surface area contributed by atoms with Crippen LogP contribution >= 0.6 is 0 Å². The molecule has 0 saturated carbocycles. The smallest absolute Gasteiger partial charge is 0.326 e. The van der Waals surface area contributed by atoms with Gasteiger partial charge in [0, 0.05) is 5.56 Å². The predicted octanol–water partition coefficient (Wildman–Crippen LogP) is 1.49. The van der Waals surface area contributed by atoms with E-state index < -0.39 is 17.9 Å². The lowest BCUT2D eigenvalue weighted by Crippen LogP contribution is -2.40. The average Bonchev–Trinajstić information content (AvgIpc) is 2.53. The van der Waals surface area contributed by atoms with Crippen molar-refractivity contribution >= 4 is 11.9 Å². The van der Waals surface area contributed by atoms with E-state index >= 15 is 0 Å². The van der Waals surface area contributed by atoms with Gasteiger partial charge < -0.3 is 14.8 Å². The molecular weight excluding hydrogens is 210 g/mol. The maximum absolute atomic E-state index is 11.7. The van der Waals surface area contributed by atoms with Crippen molar-refractivity contribution in [3.05, 3.63) is 23.2 Å². The first kappa shape index (κ1) is 12.3. The van der Waals surface area contributed by atoms with E-state index in [4.69, 9.17) is 9.52 Å². The predicted molar refractivity (Wildman–Crippen MR) is 57.4 cm³/mol. The molecule has 0 saturated heterocycles. The number of aliphatic carboxylic acids is 1. The lowest BCUT2D eigenvalue weighted by molar-refractivity contribution is -0.139. The molecule has 2 N–H and O–H groups in total. The van der Waals surface area contributed by atoms with Gasteiger partial charge in [0.25, 0.3) is 5.91 Å². The van der Waals surface area contributed by atoms with E-state index in [2.05, 4.69) is 5.32 Å². The van der Waals surface area contributed by atoms with Gasteiger partial charge in [0.2, 0.25) is 0 Å². The largest absolute Gasteiger partial charge is 0.480 e. The maximum atomic E-state index is 11.7. The van der Waals surface area contributed by atoms with Gasteiger partial charge in [0.15, 0.2) is 5.76 Å². The highest BCUT2D eigenvalue weighted by molar-refractivity contribution is 5.95. The number of furan rings is 1. The molecule has 0 aliphatic heterocycles. The molecule has 1 rings (SSSR count). The number of nitrogens with one attached hydrogen (secondary N) is 1. The first-order chi connectivity index (χ1) is 7.45. The van der Waals surface area contributed by atoms with Gasteiger partial charge >= 0.3 is 5.97 Å². The number of hydrogen-bond acceptors (Lipinski definition) is 3. The van der Waals surface area contributed by atoms with Crippen LogP contribution in [-0.4, -0.2) is 23.0 Å². The van der Waals surface area contributed by atoms with Crippen molar-refractivity contribution in [2.45, 2.75) is 33.2 Å². The Bertz CT molecular complexity index is 408. The van der Waals surface area contributed by atoms with Crippen LogP contribution in [0.4, 0.5) is 0 Å². The van der Waals surface area contributed by atoms with E-state index in [1.807, 2.05) is 0 Å². The Kier molecular flexibility index (Phi) is 3.71. The summed E-state index contributed by atoms with van der Waals surface area (Å²) >= 11 is 0. The van der Waals surface area contributed by atoms with Crippen molar-refractivity contribution < 1.29 is 19.1 Å². The Balaban J connectivity index is 2.79. The van der Waals surface area contributed by atoms with Crippen molar-refractivity contribution in [3.8, 4) is 0 Å². The summed E-state index contributed by atoms with van der Waals surface area (Å²) in [5.74, 6) is -0.722. The van der Waals surface area contributed by atoms with E-state index in [0.717, 1.165) is 0 Å². The average molecular weight is 225 g/mol. The number of carbonyl (C=O) groups is 2. The molecule has 0 bridgehead atoms. The van der Waals surface area contributed by atoms with Crippen LogP contribution < -0.4 is 5.32 Å². The van der Waals surface area contributed by atoms with Gasteiger partial charge in [-0.15, -0.1) is 0 Å². The van der Waals surface area contributed by atoms with Gasteiger partial charge in [0.1, 0.15) is 11.8 Å². The summed E-state index contributed by atoms with van der Waals surface area (Å²) in [6.45, 7) is 5.17. The van der Waals surface area contributed by atoms with Gasteiger partial charge in [-0.05, 0) is 26.3 Å². The highest BCUT2D eigenvalue weighted by Crippen LogP contribution is 2.13. The minimum Gasteiger partial charge on any atom is -0.480 e. The second kappa shape index (κ2) is 4.83. The molecule has 0 aliphatic rings. The first-order valence-electron chi connectivity index (χ1n) is 5.06. The van der Waals surface area contributed by atoms with Gasteiger partial charge in [-0.3, -0.25) is 4.79 Å². The molecule has 5 nitrogen and oxygen atoms in total. The number of carbonyl (C=O) groups excluding carboxylic acids is 1. The van der Waals surface area contributed by atoms with E-state index in [0.29, 0.717) is 17.7 Å². The Morgan fingerprint density at radius 2 is 2.12 bits per heavy atom. The Morgan fingerprint density at radius 1 is 1.50 bits per heavy atom. The molecule has 1 amide bonds. The Morgan fingerprint density at radius 3 is 2.50 bits per heavy atom. The molecule has 1 atom stereocenters. The normalized spacial score (nSPS) is 12.2. The molecule has 0 spiro atoms. The van der Waals surface area contributed by atoms with Crippen LogP contribution in [0.15, 0.2) is 10.5 Å². The minimum absolute atomic E-state index is 0.178. The summed E-state index contributed by atoms with van der Waals surface area (Å²) in [5.41, 5.74) is 0.704. The number of rotatable bonds is 4. The standard InChI is InChI=1S/C11H15NO4/c1-4-8(11(14)15)12-10(13)9-6(2)5-7(3)16-9/h5,8H,4H2,1-3H3,(H,12,13)(H,14,15). The first-order valence-corrected chi connectivity index (χ1v) is 5.06. The third-order valence-corrected chi connectivity index (χ3v) is 2.26. The summed E-state index contributed by atoms with van der Waals surface area (Å²) in [4.78, 5) is 22.4. The van der Waals surface area contributed by atoms with Crippen molar-refractivity contribution in [2.24, 2.45) is 0 Å². The SMILES string of the molecule is CCC(NC(=O)c1oc(C)cc1C)C(=O)O. The highest BCUT2D eigenvalue weighted by Gasteiger charge is 2.21. The van der Waals surface area contributed by atoms with Gasteiger partial charge in [-0.1, -0.05) is 6.92 Å². The molecule has 1 heterocycles. The molecule has 1 aromatic rings. The maximum Gasteiger partial charge on any atom is 0.326 e. The molecule has 0 fully saturated rings. The number of carboxylic acid groups (broad SMARTS) is 1. The zero-order chi connectivity index (χ0) is 12.3. The van der Waals surface area contributed by atoms with Crippen LogP contribution in [0.5, 0.6) is 0 Å². The number of aryl methyl sites for hydroxylation is 2. The van der Waals surface area contributed by atoms with E-state index in [9.17, 15) is 9.59 Å². The molecule has 0 aromatic carbocycles. The second-order valence-electron chi connectivity index (χ2n) is 3.64. The molecule has 88 valence electrons. The lowest BCUT2D eigenvalue weighted by atomic mass is 10.2. The number of amides is 1. The quantitative estimate of drug-likeness (QED) is 0.813. The summed E-state index contributed by atoms with van der Waals surface area (Å²) in [6, 6.07) is 0.855. The van der Waals surface area contributed by atoms with Crippen LogP contribution in [0.3, 0.4) is 0 Å². The van der Waals surface area contributed by atoms with Crippen LogP contribution in [0.2, 0.25) is 0 Å². The fourth-order valence-corrected chi connectivity index (χ4v) is 1.43. The van der Waals surface area contributed by atoms with Crippen molar-refractivity contribution in [1.82, 2.24) is 5.32 Å². The van der Waals surface area contributed by atoms with Crippen LogP contribution in [-0.2, 0) is 4.79 Å². The number of carboxylic acids is 1. The van der Waals surface area contributed by atoms with Gasteiger partial charge in [-0.25, -0.2) is 4.79 Å². The monoisotopic (exact) mass is 225 g/mol. The Hall–Kier alpha value is -1.78. The lowest BCUT2D eigenvalue weighted by Gasteiger charge is -2.10. The number of hydrogen-bond donors (Lipinski definition) is 2. The van der Waals surface area contributed by atoms with Crippen LogP contribution in [0.25, 0.3) is 0 Å². The van der Waals surface area contributed by atoms with Gasteiger partial charge in [0.05, 0.1) is 0 Å².